The smallest absolute Gasteiger partial charge is 0.240 e. The van der Waals surface area contributed by atoms with E-state index in [1.54, 1.807) is 18.2 Å². The maximum Gasteiger partial charge on any atom is 0.240 e. The standard InChI is InChI=1S/C18H20FN3O4S/c1-20-27(25,26)16-7-5-13(6-8-16)11-21-18(24)12-22-17(23)10-14-3-2-4-15(19)9-14/h2-9,20H,10-12H2,1H3,(H,21,24)(H,22,23). The van der Waals surface area contributed by atoms with Crippen molar-refractivity contribution in [3.05, 3.63) is 65.5 Å². The minimum Gasteiger partial charge on any atom is -0.350 e. The van der Waals surface area contributed by atoms with Crippen LogP contribution in [-0.4, -0.2) is 33.8 Å². The van der Waals surface area contributed by atoms with Gasteiger partial charge in [-0.2, -0.15) is 0 Å². The van der Waals surface area contributed by atoms with Gasteiger partial charge in [0.1, 0.15) is 5.82 Å². The molecule has 0 radical (unpaired) electrons. The van der Waals surface area contributed by atoms with Crippen LogP contribution in [0, 0.1) is 5.82 Å². The van der Waals surface area contributed by atoms with Crippen molar-refractivity contribution in [2.24, 2.45) is 0 Å². The predicted octanol–water partition coefficient (Wildman–Crippen LogP) is 0.709. The Morgan fingerprint density at radius 2 is 1.67 bits per heavy atom. The summed E-state index contributed by atoms with van der Waals surface area (Å²) in [6, 6.07) is 11.7. The molecule has 2 amide bonds. The first-order valence-corrected chi connectivity index (χ1v) is 9.59. The van der Waals surface area contributed by atoms with Gasteiger partial charge in [-0.05, 0) is 42.4 Å². The highest BCUT2D eigenvalue weighted by Gasteiger charge is 2.11. The van der Waals surface area contributed by atoms with E-state index in [2.05, 4.69) is 15.4 Å². The van der Waals surface area contributed by atoms with Gasteiger partial charge in [-0.1, -0.05) is 24.3 Å². The molecule has 0 aliphatic carbocycles. The second-order valence-electron chi connectivity index (χ2n) is 5.71. The summed E-state index contributed by atoms with van der Waals surface area (Å²) in [6.07, 6.45) is -0.0214. The highest BCUT2D eigenvalue weighted by molar-refractivity contribution is 7.89. The maximum absolute atomic E-state index is 13.1. The number of carbonyl (C=O) groups is 2. The van der Waals surface area contributed by atoms with Crippen molar-refractivity contribution in [1.82, 2.24) is 15.4 Å². The Bertz CT molecular complexity index is 914. The largest absolute Gasteiger partial charge is 0.350 e. The summed E-state index contributed by atoms with van der Waals surface area (Å²) in [7, 11) is -2.18. The number of hydrogen-bond acceptors (Lipinski definition) is 4. The van der Waals surface area contributed by atoms with E-state index in [1.165, 1.54) is 37.4 Å². The zero-order valence-corrected chi connectivity index (χ0v) is 15.5. The maximum atomic E-state index is 13.1. The molecule has 0 bridgehead atoms. The van der Waals surface area contributed by atoms with Crippen LogP contribution in [-0.2, 0) is 32.6 Å². The Morgan fingerprint density at radius 1 is 0.963 bits per heavy atom. The number of halogens is 1. The summed E-state index contributed by atoms with van der Waals surface area (Å²) in [5.41, 5.74) is 1.23. The van der Waals surface area contributed by atoms with Crippen LogP contribution in [0.2, 0.25) is 0 Å². The van der Waals surface area contributed by atoms with Gasteiger partial charge in [-0.15, -0.1) is 0 Å². The fraction of sp³-hybridized carbons (Fsp3) is 0.222. The molecule has 3 N–H and O–H groups in total. The summed E-state index contributed by atoms with van der Waals surface area (Å²) >= 11 is 0. The van der Waals surface area contributed by atoms with Crippen LogP contribution in [0.25, 0.3) is 0 Å². The molecule has 0 aliphatic rings. The second kappa shape index (κ2) is 9.24. The van der Waals surface area contributed by atoms with Gasteiger partial charge in [0.25, 0.3) is 0 Å². The van der Waals surface area contributed by atoms with Gasteiger partial charge in [-0.3, -0.25) is 9.59 Å². The van der Waals surface area contributed by atoms with Crippen LogP contribution in [0.3, 0.4) is 0 Å². The normalized spacial score (nSPS) is 11.0. The third kappa shape index (κ3) is 6.46. The fourth-order valence-electron chi connectivity index (χ4n) is 2.24. The van der Waals surface area contributed by atoms with Gasteiger partial charge in [0, 0.05) is 6.54 Å². The lowest BCUT2D eigenvalue weighted by molar-refractivity contribution is -0.125. The highest BCUT2D eigenvalue weighted by Crippen LogP contribution is 2.10. The number of sulfonamides is 1. The van der Waals surface area contributed by atoms with Crippen LogP contribution in [0.1, 0.15) is 11.1 Å². The molecule has 0 saturated carbocycles. The fourth-order valence-corrected chi connectivity index (χ4v) is 2.97. The first-order chi connectivity index (χ1) is 12.8. The van der Waals surface area contributed by atoms with E-state index < -0.39 is 27.7 Å². The molecule has 0 atom stereocenters. The molecule has 2 rings (SSSR count). The second-order valence-corrected chi connectivity index (χ2v) is 7.60. The number of hydrogen-bond donors (Lipinski definition) is 3. The van der Waals surface area contributed by atoms with Crippen molar-refractivity contribution < 1.29 is 22.4 Å². The summed E-state index contributed by atoms with van der Waals surface area (Å²) in [6.45, 7) is -0.0150. The van der Waals surface area contributed by atoms with Crippen molar-refractivity contribution in [2.45, 2.75) is 17.9 Å². The van der Waals surface area contributed by atoms with Crippen molar-refractivity contribution in [1.29, 1.82) is 0 Å². The number of benzene rings is 2. The molecule has 0 heterocycles. The molecule has 144 valence electrons. The Kier molecular flexibility index (Phi) is 7.03. The molecule has 0 unspecified atom stereocenters. The summed E-state index contributed by atoms with van der Waals surface area (Å²) in [5, 5.41) is 5.08. The lowest BCUT2D eigenvalue weighted by atomic mass is 10.1. The summed E-state index contributed by atoms with van der Waals surface area (Å²) in [5.74, 6) is -1.21. The molecule has 9 heteroatoms. The van der Waals surface area contributed by atoms with Crippen LogP contribution in [0.5, 0.6) is 0 Å². The molecule has 0 aromatic heterocycles. The first-order valence-electron chi connectivity index (χ1n) is 8.10. The molecule has 2 aromatic carbocycles. The predicted molar refractivity (Wildman–Crippen MR) is 97.6 cm³/mol. The van der Waals surface area contributed by atoms with E-state index in [9.17, 15) is 22.4 Å². The van der Waals surface area contributed by atoms with E-state index in [0.717, 1.165) is 0 Å². The van der Waals surface area contributed by atoms with Crippen molar-refractivity contribution in [3.63, 3.8) is 0 Å². The average molecular weight is 393 g/mol. The van der Waals surface area contributed by atoms with Crippen molar-refractivity contribution in [3.8, 4) is 0 Å². The van der Waals surface area contributed by atoms with Gasteiger partial charge in [0.05, 0.1) is 17.9 Å². The molecular weight excluding hydrogens is 373 g/mol. The minimum absolute atomic E-state index is 0.0214. The Balaban J connectivity index is 1.76. The zero-order chi connectivity index (χ0) is 19.9. The van der Waals surface area contributed by atoms with E-state index in [0.29, 0.717) is 11.1 Å². The molecule has 0 fully saturated rings. The zero-order valence-electron chi connectivity index (χ0n) is 14.7. The number of rotatable bonds is 8. The van der Waals surface area contributed by atoms with Gasteiger partial charge >= 0.3 is 0 Å². The van der Waals surface area contributed by atoms with Gasteiger partial charge < -0.3 is 10.6 Å². The average Bonchev–Trinajstić information content (AvgIpc) is 2.65. The first kappa shape index (κ1) is 20.5. The molecular formula is C18H20FN3O4S. The number of nitrogens with one attached hydrogen (secondary N) is 3. The highest BCUT2D eigenvalue weighted by atomic mass is 32.2. The van der Waals surface area contributed by atoms with Gasteiger partial charge in [-0.25, -0.2) is 17.5 Å². The molecule has 0 aliphatic heterocycles. The molecule has 0 saturated heterocycles. The van der Waals surface area contributed by atoms with E-state index >= 15 is 0 Å². The van der Waals surface area contributed by atoms with E-state index in [1.807, 2.05) is 0 Å². The third-order valence-electron chi connectivity index (χ3n) is 3.69. The summed E-state index contributed by atoms with van der Waals surface area (Å²) in [4.78, 5) is 23.7. The Morgan fingerprint density at radius 3 is 2.30 bits per heavy atom. The number of amides is 2. The van der Waals surface area contributed by atoms with Crippen LogP contribution < -0.4 is 15.4 Å². The van der Waals surface area contributed by atoms with E-state index in [4.69, 9.17) is 0 Å². The van der Waals surface area contributed by atoms with Crippen molar-refractivity contribution in [2.75, 3.05) is 13.6 Å². The quantitative estimate of drug-likeness (QED) is 0.614. The Labute approximate surface area is 157 Å². The van der Waals surface area contributed by atoms with Gasteiger partial charge in [0.2, 0.25) is 21.8 Å². The lowest BCUT2D eigenvalue weighted by Gasteiger charge is -2.08. The third-order valence-corrected chi connectivity index (χ3v) is 5.12. The molecule has 2 aromatic rings. The lowest BCUT2D eigenvalue weighted by Crippen LogP contribution is -2.37. The van der Waals surface area contributed by atoms with Crippen molar-refractivity contribution >= 4 is 21.8 Å². The molecule has 7 nitrogen and oxygen atoms in total. The van der Waals surface area contributed by atoms with Crippen LogP contribution in [0.4, 0.5) is 4.39 Å². The monoisotopic (exact) mass is 393 g/mol. The topological polar surface area (TPSA) is 104 Å². The SMILES string of the molecule is CNS(=O)(=O)c1ccc(CNC(=O)CNC(=O)Cc2cccc(F)c2)cc1. The number of carbonyl (C=O) groups excluding carboxylic acids is 2. The molecule has 0 spiro atoms. The Hall–Kier alpha value is -2.78. The van der Waals surface area contributed by atoms with E-state index in [-0.39, 0.29) is 24.4 Å². The van der Waals surface area contributed by atoms with Crippen LogP contribution >= 0.6 is 0 Å². The minimum atomic E-state index is -3.50. The molecule has 27 heavy (non-hydrogen) atoms. The summed E-state index contributed by atoms with van der Waals surface area (Å²) < 4.78 is 38.6. The van der Waals surface area contributed by atoms with Crippen LogP contribution in [0.15, 0.2) is 53.4 Å². The van der Waals surface area contributed by atoms with Gasteiger partial charge in [0.15, 0.2) is 0 Å².